The first-order valence-corrected chi connectivity index (χ1v) is 7.20. The van der Waals surface area contributed by atoms with Gasteiger partial charge in [0, 0.05) is 36.8 Å². The summed E-state index contributed by atoms with van der Waals surface area (Å²) >= 11 is 1.29. The first kappa shape index (κ1) is 15.2. The molecule has 0 spiro atoms. The zero-order valence-corrected chi connectivity index (χ0v) is 12.9. The Hall–Kier alpha value is -2.22. The van der Waals surface area contributed by atoms with Crippen LogP contribution in [0.4, 0.5) is 5.69 Å². The van der Waals surface area contributed by atoms with Gasteiger partial charge in [-0.2, -0.15) is 0 Å². The van der Waals surface area contributed by atoms with Crippen LogP contribution in [0.5, 0.6) is 0 Å². The molecule has 8 heteroatoms. The number of nitrogens with zero attached hydrogens (tertiary/aromatic N) is 3. The fourth-order valence-corrected chi connectivity index (χ4v) is 2.71. The fraction of sp³-hybridized carbons (Fsp3) is 0.308. The average molecular weight is 307 g/mol. The number of aromatic nitrogens is 3. The van der Waals surface area contributed by atoms with Crippen molar-refractivity contribution in [1.82, 2.24) is 19.7 Å². The molecule has 2 rings (SSSR count). The monoisotopic (exact) mass is 307 g/mol. The van der Waals surface area contributed by atoms with Gasteiger partial charge in [-0.05, 0) is 36.9 Å². The van der Waals surface area contributed by atoms with E-state index in [1.165, 1.54) is 21.2 Å². The number of carbonyl (C=O) groups excluding carboxylic acids is 1. The van der Waals surface area contributed by atoms with Crippen LogP contribution in [0.15, 0.2) is 33.0 Å². The van der Waals surface area contributed by atoms with Crippen molar-refractivity contribution in [2.75, 3.05) is 19.8 Å². The van der Waals surface area contributed by atoms with E-state index in [2.05, 4.69) is 10.2 Å². The lowest BCUT2D eigenvalue weighted by Crippen LogP contribution is -2.21. The van der Waals surface area contributed by atoms with Gasteiger partial charge in [0.05, 0.1) is 0 Å². The van der Waals surface area contributed by atoms with Crippen molar-refractivity contribution in [2.45, 2.75) is 23.5 Å². The normalized spacial score (nSPS) is 10.6. The number of benzene rings is 1. The van der Waals surface area contributed by atoms with Gasteiger partial charge in [0.2, 0.25) is 0 Å². The lowest BCUT2D eigenvalue weighted by Gasteiger charge is -2.12. The number of carbonyl (C=O) groups is 1. The van der Waals surface area contributed by atoms with Crippen molar-refractivity contribution in [1.29, 1.82) is 0 Å². The number of nitrogens with one attached hydrogen (secondary N) is 1. The number of anilines is 1. The van der Waals surface area contributed by atoms with Gasteiger partial charge >= 0.3 is 5.69 Å². The van der Waals surface area contributed by atoms with E-state index in [-0.39, 0.29) is 11.6 Å². The van der Waals surface area contributed by atoms with Gasteiger partial charge in [0.25, 0.3) is 5.91 Å². The van der Waals surface area contributed by atoms with Crippen LogP contribution in [-0.4, -0.2) is 39.7 Å². The third-order valence-corrected chi connectivity index (χ3v) is 3.99. The number of amides is 1. The third kappa shape index (κ3) is 3.10. The Morgan fingerprint density at radius 3 is 2.76 bits per heavy atom. The van der Waals surface area contributed by atoms with E-state index in [1.54, 1.807) is 32.3 Å². The number of H-pyrrole nitrogens is 1. The van der Waals surface area contributed by atoms with Crippen LogP contribution in [0, 0.1) is 0 Å². The highest BCUT2D eigenvalue weighted by Gasteiger charge is 2.13. The number of hydrogen-bond donors (Lipinski definition) is 2. The minimum Gasteiger partial charge on any atom is -0.398 e. The number of nitrogen functional groups attached to an aromatic ring is 1. The Morgan fingerprint density at radius 2 is 2.19 bits per heavy atom. The molecular weight excluding hydrogens is 290 g/mol. The number of hydrogen-bond acceptors (Lipinski definition) is 5. The summed E-state index contributed by atoms with van der Waals surface area (Å²) in [5.74, 6) is -0.108. The van der Waals surface area contributed by atoms with E-state index in [9.17, 15) is 9.59 Å². The van der Waals surface area contributed by atoms with Crippen molar-refractivity contribution in [3.63, 3.8) is 0 Å². The fourth-order valence-electron chi connectivity index (χ4n) is 1.79. The molecule has 0 unspecified atom stereocenters. The van der Waals surface area contributed by atoms with E-state index < -0.39 is 0 Å². The minimum atomic E-state index is -0.252. The van der Waals surface area contributed by atoms with Crippen LogP contribution < -0.4 is 11.4 Å². The van der Waals surface area contributed by atoms with E-state index in [0.29, 0.717) is 23.0 Å². The molecule has 0 saturated carbocycles. The van der Waals surface area contributed by atoms with E-state index >= 15 is 0 Å². The smallest absolute Gasteiger partial charge is 0.343 e. The molecule has 0 radical (unpaired) electrons. The topological polar surface area (TPSA) is 97.0 Å². The minimum absolute atomic E-state index is 0.108. The van der Waals surface area contributed by atoms with Crippen LogP contribution in [0.2, 0.25) is 0 Å². The first-order chi connectivity index (χ1) is 9.93. The zero-order valence-electron chi connectivity index (χ0n) is 12.1. The van der Waals surface area contributed by atoms with Crippen LogP contribution in [0.3, 0.4) is 0 Å². The van der Waals surface area contributed by atoms with Gasteiger partial charge in [0.1, 0.15) is 0 Å². The second kappa shape index (κ2) is 6.04. The lowest BCUT2D eigenvalue weighted by molar-refractivity contribution is 0.0827. The average Bonchev–Trinajstić information content (AvgIpc) is 2.80. The van der Waals surface area contributed by atoms with Crippen molar-refractivity contribution >= 4 is 23.4 Å². The summed E-state index contributed by atoms with van der Waals surface area (Å²) in [6.07, 6.45) is 0. The van der Waals surface area contributed by atoms with Gasteiger partial charge in [-0.1, -0.05) is 0 Å². The highest BCUT2D eigenvalue weighted by molar-refractivity contribution is 7.99. The molecule has 0 bridgehead atoms. The highest BCUT2D eigenvalue weighted by atomic mass is 32.2. The van der Waals surface area contributed by atoms with Crippen LogP contribution in [0.1, 0.15) is 17.3 Å². The van der Waals surface area contributed by atoms with Crippen LogP contribution in [-0.2, 0) is 6.54 Å². The van der Waals surface area contributed by atoms with E-state index in [4.69, 9.17) is 5.73 Å². The van der Waals surface area contributed by atoms with Crippen LogP contribution in [0.25, 0.3) is 0 Å². The molecule has 1 heterocycles. The molecule has 7 nitrogen and oxygen atoms in total. The van der Waals surface area contributed by atoms with Gasteiger partial charge in [-0.15, -0.1) is 5.10 Å². The Balaban J connectivity index is 2.29. The Morgan fingerprint density at radius 1 is 1.48 bits per heavy atom. The molecule has 0 aliphatic rings. The van der Waals surface area contributed by atoms with Crippen molar-refractivity contribution in [3.8, 4) is 0 Å². The Kier molecular flexibility index (Phi) is 4.37. The summed E-state index contributed by atoms with van der Waals surface area (Å²) in [5.41, 5.74) is 6.74. The SMILES string of the molecule is CCn1c(Sc2ccc(C(=O)N(C)C)cc2N)n[nH]c1=O. The molecule has 0 fully saturated rings. The van der Waals surface area contributed by atoms with Gasteiger partial charge in [-0.25, -0.2) is 9.89 Å². The molecule has 3 N–H and O–H groups in total. The summed E-state index contributed by atoms with van der Waals surface area (Å²) < 4.78 is 1.52. The zero-order chi connectivity index (χ0) is 15.6. The first-order valence-electron chi connectivity index (χ1n) is 6.38. The van der Waals surface area contributed by atoms with Gasteiger partial charge in [-0.3, -0.25) is 9.36 Å². The molecule has 1 amide bonds. The molecule has 112 valence electrons. The molecular formula is C13H17N5O2S. The quantitative estimate of drug-likeness (QED) is 0.822. The summed E-state index contributed by atoms with van der Waals surface area (Å²) in [7, 11) is 3.37. The number of rotatable bonds is 4. The van der Waals surface area contributed by atoms with Crippen molar-refractivity contribution in [3.05, 3.63) is 34.2 Å². The van der Waals surface area contributed by atoms with Crippen molar-refractivity contribution in [2.24, 2.45) is 0 Å². The standard InChI is InChI=1S/C13H17N5O2S/c1-4-18-12(20)15-16-13(18)21-10-6-5-8(7-9(10)14)11(19)17(2)3/h5-7H,4,14H2,1-3H3,(H,15,20). The number of aromatic amines is 1. The molecule has 2 aromatic rings. The molecule has 1 aromatic heterocycles. The molecule has 21 heavy (non-hydrogen) atoms. The summed E-state index contributed by atoms with van der Waals surface area (Å²) in [4.78, 5) is 25.6. The third-order valence-electron chi connectivity index (χ3n) is 2.90. The molecule has 0 saturated heterocycles. The molecule has 0 atom stereocenters. The number of nitrogens with two attached hydrogens (primary N) is 1. The Bertz CT molecular complexity index is 720. The molecule has 0 aliphatic heterocycles. The van der Waals surface area contributed by atoms with Crippen LogP contribution >= 0.6 is 11.8 Å². The van der Waals surface area contributed by atoms with Gasteiger partial charge in [0.15, 0.2) is 5.16 Å². The van der Waals surface area contributed by atoms with E-state index in [0.717, 1.165) is 4.90 Å². The largest absolute Gasteiger partial charge is 0.398 e. The maximum Gasteiger partial charge on any atom is 0.343 e. The maximum absolute atomic E-state index is 11.9. The second-order valence-electron chi connectivity index (χ2n) is 4.61. The predicted octanol–water partition coefficient (Wildman–Crippen LogP) is 1.03. The van der Waals surface area contributed by atoms with E-state index in [1.807, 2.05) is 6.92 Å². The summed E-state index contributed by atoms with van der Waals surface area (Å²) in [6, 6.07) is 5.10. The lowest BCUT2D eigenvalue weighted by atomic mass is 10.2. The summed E-state index contributed by atoms with van der Waals surface area (Å²) in [6.45, 7) is 2.39. The molecule has 1 aromatic carbocycles. The maximum atomic E-state index is 11.9. The molecule has 0 aliphatic carbocycles. The van der Waals surface area contributed by atoms with Gasteiger partial charge < -0.3 is 10.6 Å². The Labute approximate surface area is 126 Å². The summed E-state index contributed by atoms with van der Waals surface area (Å²) in [5, 5.41) is 6.92. The predicted molar refractivity (Wildman–Crippen MR) is 81.5 cm³/mol. The second-order valence-corrected chi connectivity index (χ2v) is 5.62. The highest BCUT2D eigenvalue weighted by Crippen LogP contribution is 2.30. The van der Waals surface area contributed by atoms with Crippen molar-refractivity contribution < 1.29 is 4.79 Å².